The standard InChI is InChI=1S/C23H23N3O3/c1-16-8-12-19(13-9-16)24-23(28)21(17-6-4-3-5-7-17)25-26-22(27)18-10-14-20(29-2)15-11-18/h3-15,21,25H,1-2H3,(H,24,28)(H,26,27). The molecule has 6 heteroatoms. The van der Waals surface area contributed by atoms with E-state index >= 15 is 0 Å². The number of ether oxygens (including phenoxy) is 1. The van der Waals surface area contributed by atoms with Gasteiger partial charge in [-0.3, -0.25) is 15.0 Å². The molecule has 1 atom stereocenters. The van der Waals surface area contributed by atoms with Crippen molar-refractivity contribution in [2.24, 2.45) is 0 Å². The van der Waals surface area contributed by atoms with Gasteiger partial charge >= 0.3 is 0 Å². The summed E-state index contributed by atoms with van der Waals surface area (Å²) in [4.78, 5) is 25.3. The van der Waals surface area contributed by atoms with E-state index in [1.807, 2.05) is 61.5 Å². The van der Waals surface area contributed by atoms with Gasteiger partial charge < -0.3 is 10.1 Å². The molecule has 0 aromatic heterocycles. The van der Waals surface area contributed by atoms with Crippen LogP contribution in [0.25, 0.3) is 0 Å². The Hall–Kier alpha value is -3.64. The maximum absolute atomic E-state index is 12.9. The molecule has 3 rings (SSSR count). The summed E-state index contributed by atoms with van der Waals surface area (Å²) in [5, 5.41) is 2.88. The predicted molar refractivity (Wildman–Crippen MR) is 113 cm³/mol. The maximum Gasteiger partial charge on any atom is 0.265 e. The van der Waals surface area contributed by atoms with Crippen LogP contribution in [0.3, 0.4) is 0 Å². The normalized spacial score (nSPS) is 11.4. The van der Waals surface area contributed by atoms with Crippen LogP contribution in [-0.2, 0) is 4.79 Å². The minimum absolute atomic E-state index is 0.282. The van der Waals surface area contributed by atoms with Crippen LogP contribution in [0, 0.1) is 6.92 Å². The highest BCUT2D eigenvalue weighted by Crippen LogP contribution is 2.17. The molecule has 3 aromatic rings. The second-order valence-electron chi connectivity index (χ2n) is 6.53. The number of carbonyl (C=O) groups is 2. The summed E-state index contributed by atoms with van der Waals surface area (Å²) >= 11 is 0. The van der Waals surface area contributed by atoms with E-state index in [0.29, 0.717) is 17.0 Å². The average molecular weight is 389 g/mol. The molecule has 0 radical (unpaired) electrons. The number of carbonyl (C=O) groups excluding carboxylic acids is 2. The lowest BCUT2D eigenvalue weighted by atomic mass is 10.1. The molecule has 0 aliphatic rings. The molecule has 29 heavy (non-hydrogen) atoms. The summed E-state index contributed by atoms with van der Waals surface area (Å²) in [5.74, 6) is 0.0287. The largest absolute Gasteiger partial charge is 0.497 e. The average Bonchev–Trinajstić information content (AvgIpc) is 2.76. The Morgan fingerprint density at radius 1 is 0.862 bits per heavy atom. The number of rotatable bonds is 7. The van der Waals surface area contributed by atoms with Crippen molar-refractivity contribution in [2.45, 2.75) is 13.0 Å². The fourth-order valence-electron chi connectivity index (χ4n) is 2.75. The van der Waals surface area contributed by atoms with E-state index in [4.69, 9.17) is 4.74 Å². The smallest absolute Gasteiger partial charge is 0.265 e. The number of hydrazine groups is 1. The second-order valence-corrected chi connectivity index (χ2v) is 6.53. The molecule has 0 heterocycles. The van der Waals surface area contributed by atoms with Crippen molar-refractivity contribution >= 4 is 17.5 Å². The van der Waals surface area contributed by atoms with Gasteiger partial charge in [-0.2, -0.15) is 0 Å². The number of hydrogen-bond donors (Lipinski definition) is 3. The highest BCUT2D eigenvalue weighted by molar-refractivity contribution is 5.97. The van der Waals surface area contributed by atoms with E-state index in [0.717, 1.165) is 11.1 Å². The van der Waals surface area contributed by atoms with E-state index < -0.39 is 6.04 Å². The molecule has 6 nitrogen and oxygen atoms in total. The first-order valence-electron chi connectivity index (χ1n) is 9.19. The van der Waals surface area contributed by atoms with Gasteiger partial charge in [-0.1, -0.05) is 48.0 Å². The first-order chi connectivity index (χ1) is 14.1. The van der Waals surface area contributed by atoms with Gasteiger partial charge in [0.2, 0.25) is 5.91 Å². The molecule has 3 aromatic carbocycles. The van der Waals surface area contributed by atoms with Crippen molar-refractivity contribution in [1.82, 2.24) is 10.9 Å². The number of methoxy groups -OCH3 is 1. The van der Waals surface area contributed by atoms with E-state index in [9.17, 15) is 9.59 Å². The van der Waals surface area contributed by atoms with Crippen LogP contribution in [0.5, 0.6) is 5.75 Å². The van der Waals surface area contributed by atoms with Crippen LogP contribution in [-0.4, -0.2) is 18.9 Å². The van der Waals surface area contributed by atoms with Crippen LogP contribution < -0.4 is 20.9 Å². The Morgan fingerprint density at radius 3 is 2.14 bits per heavy atom. The summed E-state index contributed by atoms with van der Waals surface area (Å²) in [6, 6.07) is 22.7. The van der Waals surface area contributed by atoms with Gasteiger partial charge in [0.15, 0.2) is 0 Å². The summed E-state index contributed by atoms with van der Waals surface area (Å²) in [7, 11) is 1.56. The van der Waals surface area contributed by atoms with Gasteiger partial charge in [0, 0.05) is 11.3 Å². The Labute approximate surface area is 169 Å². The number of benzene rings is 3. The Balaban J connectivity index is 1.72. The minimum atomic E-state index is -0.764. The van der Waals surface area contributed by atoms with E-state index in [2.05, 4.69) is 16.2 Å². The molecular formula is C23H23N3O3. The lowest BCUT2D eigenvalue weighted by molar-refractivity contribution is -0.118. The molecule has 0 bridgehead atoms. The number of anilines is 1. The maximum atomic E-state index is 12.9. The quantitative estimate of drug-likeness (QED) is 0.539. The Kier molecular flexibility index (Phi) is 6.60. The van der Waals surface area contributed by atoms with Crippen LogP contribution in [0.2, 0.25) is 0 Å². The number of amides is 2. The number of aryl methyl sites for hydroxylation is 1. The summed E-state index contributed by atoms with van der Waals surface area (Å²) < 4.78 is 5.10. The Bertz CT molecular complexity index is 955. The van der Waals surface area contributed by atoms with Crippen LogP contribution in [0.1, 0.15) is 27.5 Å². The first kappa shape index (κ1) is 20.1. The molecule has 0 fully saturated rings. The van der Waals surface area contributed by atoms with Gasteiger partial charge in [-0.05, 0) is 48.9 Å². The van der Waals surface area contributed by atoms with Crippen molar-refractivity contribution in [3.63, 3.8) is 0 Å². The van der Waals surface area contributed by atoms with Gasteiger partial charge in [-0.15, -0.1) is 0 Å². The van der Waals surface area contributed by atoms with Gasteiger partial charge in [-0.25, -0.2) is 5.43 Å². The molecular weight excluding hydrogens is 366 g/mol. The van der Waals surface area contributed by atoms with Crippen molar-refractivity contribution in [3.05, 3.63) is 95.6 Å². The molecule has 0 saturated carbocycles. The van der Waals surface area contributed by atoms with Crippen molar-refractivity contribution in [1.29, 1.82) is 0 Å². The lowest BCUT2D eigenvalue weighted by Gasteiger charge is -2.19. The zero-order valence-corrected chi connectivity index (χ0v) is 16.3. The third kappa shape index (κ3) is 5.43. The SMILES string of the molecule is COc1ccc(C(=O)NNC(C(=O)Nc2ccc(C)cc2)c2ccccc2)cc1. The molecule has 0 spiro atoms. The third-order valence-electron chi connectivity index (χ3n) is 4.40. The van der Waals surface area contributed by atoms with Crippen LogP contribution >= 0.6 is 0 Å². The van der Waals surface area contributed by atoms with Crippen molar-refractivity contribution in [3.8, 4) is 5.75 Å². The number of nitrogens with one attached hydrogen (secondary N) is 3. The zero-order chi connectivity index (χ0) is 20.6. The van der Waals surface area contributed by atoms with Crippen molar-refractivity contribution in [2.75, 3.05) is 12.4 Å². The monoisotopic (exact) mass is 389 g/mol. The summed E-state index contributed by atoms with van der Waals surface area (Å²) in [6.07, 6.45) is 0. The second kappa shape index (κ2) is 9.52. The highest BCUT2D eigenvalue weighted by Gasteiger charge is 2.21. The van der Waals surface area contributed by atoms with E-state index in [1.165, 1.54) is 0 Å². The van der Waals surface area contributed by atoms with Crippen LogP contribution in [0.4, 0.5) is 5.69 Å². The molecule has 148 valence electrons. The fourth-order valence-corrected chi connectivity index (χ4v) is 2.75. The predicted octanol–water partition coefficient (Wildman–Crippen LogP) is 3.62. The number of hydrogen-bond acceptors (Lipinski definition) is 4. The Morgan fingerprint density at radius 2 is 1.52 bits per heavy atom. The molecule has 3 N–H and O–H groups in total. The molecule has 2 amide bonds. The van der Waals surface area contributed by atoms with Crippen molar-refractivity contribution < 1.29 is 14.3 Å². The van der Waals surface area contributed by atoms with E-state index in [-0.39, 0.29) is 11.8 Å². The molecule has 0 saturated heterocycles. The third-order valence-corrected chi connectivity index (χ3v) is 4.40. The first-order valence-corrected chi connectivity index (χ1v) is 9.19. The molecule has 1 unspecified atom stereocenters. The lowest BCUT2D eigenvalue weighted by Crippen LogP contribution is -2.44. The highest BCUT2D eigenvalue weighted by atomic mass is 16.5. The van der Waals surface area contributed by atoms with E-state index in [1.54, 1.807) is 31.4 Å². The molecule has 0 aliphatic heterocycles. The zero-order valence-electron chi connectivity index (χ0n) is 16.3. The summed E-state index contributed by atoms with van der Waals surface area (Å²) in [5.41, 5.74) is 8.44. The van der Waals surface area contributed by atoms with Gasteiger partial charge in [0.05, 0.1) is 7.11 Å². The van der Waals surface area contributed by atoms with Crippen LogP contribution in [0.15, 0.2) is 78.9 Å². The van der Waals surface area contributed by atoms with Gasteiger partial charge in [0.25, 0.3) is 5.91 Å². The minimum Gasteiger partial charge on any atom is -0.497 e. The summed E-state index contributed by atoms with van der Waals surface area (Å²) in [6.45, 7) is 1.98. The van der Waals surface area contributed by atoms with Gasteiger partial charge in [0.1, 0.15) is 11.8 Å². The fraction of sp³-hybridized carbons (Fsp3) is 0.130. The topological polar surface area (TPSA) is 79.5 Å². The molecule has 0 aliphatic carbocycles.